The molecule has 2 heteroatoms. The van der Waals surface area contributed by atoms with Gasteiger partial charge in [0.05, 0.1) is 0 Å². The van der Waals surface area contributed by atoms with Gasteiger partial charge < -0.3 is 5.32 Å². The van der Waals surface area contributed by atoms with Crippen molar-refractivity contribution in [2.75, 3.05) is 19.6 Å². The number of fused-ring (bicyclic) bond motifs is 1. The zero-order valence-electron chi connectivity index (χ0n) is 9.02. The SMILES string of the molecule is c1ccc(CN2CC3CCNC3C2)cc1. The van der Waals surface area contributed by atoms with Crippen molar-refractivity contribution in [2.45, 2.75) is 19.0 Å². The minimum Gasteiger partial charge on any atom is -0.312 e. The number of nitrogens with zero attached hydrogens (tertiary/aromatic N) is 1. The third-order valence-corrected chi connectivity index (χ3v) is 3.69. The molecule has 2 nitrogen and oxygen atoms in total. The summed E-state index contributed by atoms with van der Waals surface area (Å²) in [7, 11) is 0. The highest BCUT2D eigenvalue weighted by molar-refractivity contribution is 5.15. The van der Waals surface area contributed by atoms with E-state index in [1.54, 1.807) is 0 Å². The number of nitrogens with one attached hydrogen (secondary N) is 1. The molecule has 15 heavy (non-hydrogen) atoms. The van der Waals surface area contributed by atoms with Crippen LogP contribution in [0.5, 0.6) is 0 Å². The fraction of sp³-hybridized carbons (Fsp3) is 0.538. The number of likely N-dealkylation sites (tertiary alicyclic amines) is 1. The molecule has 1 aromatic carbocycles. The first-order valence-corrected chi connectivity index (χ1v) is 5.91. The van der Waals surface area contributed by atoms with Crippen molar-refractivity contribution >= 4 is 0 Å². The Bertz CT molecular complexity index is 311. The minimum atomic E-state index is 0.772. The van der Waals surface area contributed by atoms with Crippen LogP contribution in [-0.2, 0) is 6.54 Å². The molecular weight excluding hydrogens is 184 g/mol. The first-order valence-electron chi connectivity index (χ1n) is 5.91. The summed E-state index contributed by atoms with van der Waals surface area (Å²) in [4.78, 5) is 2.58. The van der Waals surface area contributed by atoms with Crippen LogP contribution >= 0.6 is 0 Å². The number of hydrogen-bond donors (Lipinski definition) is 1. The van der Waals surface area contributed by atoms with Gasteiger partial charge in [0.1, 0.15) is 0 Å². The number of benzene rings is 1. The Morgan fingerprint density at radius 2 is 2.07 bits per heavy atom. The molecule has 1 N–H and O–H groups in total. The third-order valence-electron chi connectivity index (χ3n) is 3.69. The molecule has 2 aliphatic rings. The Hall–Kier alpha value is -0.860. The molecular formula is C13H18N2. The summed E-state index contributed by atoms with van der Waals surface area (Å²) in [6.45, 7) is 4.87. The lowest BCUT2D eigenvalue weighted by atomic mass is 10.1. The highest BCUT2D eigenvalue weighted by Gasteiger charge is 2.35. The second kappa shape index (κ2) is 3.95. The van der Waals surface area contributed by atoms with Crippen molar-refractivity contribution < 1.29 is 0 Å². The molecule has 0 aliphatic carbocycles. The van der Waals surface area contributed by atoms with Crippen LogP contribution in [-0.4, -0.2) is 30.6 Å². The summed E-state index contributed by atoms with van der Waals surface area (Å²) in [5.41, 5.74) is 1.44. The smallest absolute Gasteiger partial charge is 0.0236 e. The van der Waals surface area contributed by atoms with Gasteiger partial charge in [-0.05, 0) is 24.4 Å². The van der Waals surface area contributed by atoms with Crippen LogP contribution in [0.15, 0.2) is 30.3 Å². The van der Waals surface area contributed by atoms with Crippen molar-refractivity contribution in [2.24, 2.45) is 5.92 Å². The van der Waals surface area contributed by atoms with Gasteiger partial charge in [-0.25, -0.2) is 0 Å². The lowest BCUT2D eigenvalue weighted by molar-refractivity contribution is 0.307. The zero-order chi connectivity index (χ0) is 10.1. The maximum atomic E-state index is 3.59. The van der Waals surface area contributed by atoms with Crippen LogP contribution < -0.4 is 5.32 Å². The Labute approximate surface area is 91.3 Å². The molecule has 0 spiro atoms. The minimum absolute atomic E-state index is 0.772. The van der Waals surface area contributed by atoms with E-state index in [-0.39, 0.29) is 0 Å². The lowest BCUT2D eigenvalue weighted by Crippen LogP contribution is -2.29. The van der Waals surface area contributed by atoms with E-state index in [4.69, 9.17) is 0 Å². The molecule has 0 radical (unpaired) electrons. The second-order valence-corrected chi connectivity index (χ2v) is 4.79. The summed E-state index contributed by atoms with van der Waals surface area (Å²) < 4.78 is 0. The molecule has 0 amide bonds. The Kier molecular flexibility index (Phi) is 2.47. The standard InChI is InChI=1S/C13H18N2/c1-2-4-11(5-3-1)8-15-9-12-6-7-14-13(12)10-15/h1-5,12-14H,6-10H2. The van der Waals surface area contributed by atoms with Crippen LogP contribution in [0.1, 0.15) is 12.0 Å². The fourth-order valence-electron chi connectivity index (χ4n) is 2.91. The number of hydrogen-bond acceptors (Lipinski definition) is 2. The van der Waals surface area contributed by atoms with Crippen LogP contribution in [0.3, 0.4) is 0 Å². The van der Waals surface area contributed by atoms with Gasteiger partial charge in [-0.2, -0.15) is 0 Å². The summed E-state index contributed by atoms with van der Waals surface area (Å²) in [5, 5.41) is 3.59. The molecule has 3 rings (SSSR count). The summed E-state index contributed by atoms with van der Waals surface area (Å²) in [6.07, 6.45) is 1.37. The summed E-state index contributed by atoms with van der Waals surface area (Å²) in [6, 6.07) is 11.6. The van der Waals surface area contributed by atoms with E-state index in [1.165, 1.54) is 31.6 Å². The van der Waals surface area contributed by atoms with Crippen LogP contribution in [0.25, 0.3) is 0 Å². The van der Waals surface area contributed by atoms with Crippen LogP contribution in [0.2, 0.25) is 0 Å². The van der Waals surface area contributed by atoms with E-state index < -0.39 is 0 Å². The van der Waals surface area contributed by atoms with Crippen molar-refractivity contribution in [3.05, 3.63) is 35.9 Å². The van der Waals surface area contributed by atoms with Crippen LogP contribution in [0, 0.1) is 5.92 Å². The largest absolute Gasteiger partial charge is 0.312 e. The summed E-state index contributed by atoms with van der Waals surface area (Å²) >= 11 is 0. The average molecular weight is 202 g/mol. The topological polar surface area (TPSA) is 15.3 Å². The molecule has 2 saturated heterocycles. The maximum absolute atomic E-state index is 3.59. The normalized spacial score (nSPS) is 30.7. The van der Waals surface area contributed by atoms with Crippen molar-refractivity contribution in [3.8, 4) is 0 Å². The first kappa shape index (κ1) is 9.37. The van der Waals surface area contributed by atoms with E-state index in [1.807, 2.05) is 0 Å². The summed E-state index contributed by atoms with van der Waals surface area (Å²) in [5.74, 6) is 0.911. The Morgan fingerprint density at radius 3 is 2.87 bits per heavy atom. The lowest BCUT2D eigenvalue weighted by Gasteiger charge is -2.16. The quantitative estimate of drug-likeness (QED) is 0.781. The molecule has 2 fully saturated rings. The molecule has 0 saturated carbocycles. The highest BCUT2D eigenvalue weighted by Crippen LogP contribution is 2.25. The fourth-order valence-corrected chi connectivity index (χ4v) is 2.91. The molecule has 80 valence electrons. The van der Waals surface area contributed by atoms with E-state index in [2.05, 4.69) is 40.5 Å². The van der Waals surface area contributed by atoms with Crippen molar-refractivity contribution in [1.82, 2.24) is 10.2 Å². The third kappa shape index (κ3) is 1.92. The van der Waals surface area contributed by atoms with Gasteiger partial charge in [-0.1, -0.05) is 30.3 Å². The molecule has 0 aromatic heterocycles. The van der Waals surface area contributed by atoms with E-state index >= 15 is 0 Å². The highest BCUT2D eigenvalue weighted by atomic mass is 15.2. The first-order chi connectivity index (χ1) is 7.42. The Balaban J connectivity index is 1.62. The molecule has 2 heterocycles. The van der Waals surface area contributed by atoms with Crippen LogP contribution in [0.4, 0.5) is 0 Å². The van der Waals surface area contributed by atoms with Gasteiger partial charge >= 0.3 is 0 Å². The predicted octanol–water partition coefficient (Wildman–Crippen LogP) is 1.48. The molecule has 2 atom stereocenters. The predicted molar refractivity (Wildman–Crippen MR) is 61.6 cm³/mol. The Morgan fingerprint density at radius 1 is 1.20 bits per heavy atom. The monoisotopic (exact) mass is 202 g/mol. The van der Waals surface area contributed by atoms with Gasteiger partial charge in [-0.15, -0.1) is 0 Å². The maximum Gasteiger partial charge on any atom is 0.0236 e. The van der Waals surface area contributed by atoms with E-state index in [9.17, 15) is 0 Å². The van der Waals surface area contributed by atoms with Gasteiger partial charge in [0.15, 0.2) is 0 Å². The molecule has 2 unspecified atom stereocenters. The van der Waals surface area contributed by atoms with E-state index in [0.29, 0.717) is 0 Å². The van der Waals surface area contributed by atoms with E-state index in [0.717, 1.165) is 18.5 Å². The molecule has 2 aliphatic heterocycles. The number of rotatable bonds is 2. The average Bonchev–Trinajstić information content (AvgIpc) is 2.79. The zero-order valence-corrected chi connectivity index (χ0v) is 9.02. The van der Waals surface area contributed by atoms with Crippen molar-refractivity contribution in [3.63, 3.8) is 0 Å². The van der Waals surface area contributed by atoms with Gasteiger partial charge in [0.25, 0.3) is 0 Å². The van der Waals surface area contributed by atoms with Crippen molar-refractivity contribution in [1.29, 1.82) is 0 Å². The van der Waals surface area contributed by atoms with Gasteiger partial charge in [0.2, 0.25) is 0 Å². The molecule has 0 bridgehead atoms. The molecule has 1 aromatic rings. The van der Waals surface area contributed by atoms with Gasteiger partial charge in [0, 0.05) is 25.7 Å². The van der Waals surface area contributed by atoms with Gasteiger partial charge in [-0.3, -0.25) is 4.90 Å². The second-order valence-electron chi connectivity index (χ2n) is 4.79.